The molecule has 0 heterocycles. The Morgan fingerprint density at radius 2 is 1.87 bits per heavy atom. The molecule has 0 saturated carbocycles. The second-order valence-electron chi connectivity index (χ2n) is 3.90. The fraction of sp³-hybridized carbons (Fsp3) is 0.455. The molecule has 0 saturated heterocycles. The van der Waals surface area contributed by atoms with Crippen molar-refractivity contribution in [3.63, 3.8) is 0 Å². The van der Waals surface area contributed by atoms with E-state index < -0.39 is 11.6 Å². The molecule has 1 nitrogen and oxygen atoms in total. The molecule has 15 heavy (non-hydrogen) atoms. The molecule has 1 aromatic carbocycles. The summed E-state index contributed by atoms with van der Waals surface area (Å²) in [6, 6.07) is 3.17. The van der Waals surface area contributed by atoms with Crippen molar-refractivity contribution in [3.8, 4) is 0 Å². The Labute approximate surface area is 95.1 Å². The molecule has 1 rings (SSSR count). The summed E-state index contributed by atoms with van der Waals surface area (Å²) in [5.74, 6) is -0.726. The van der Waals surface area contributed by atoms with Crippen molar-refractivity contribution in [2.24, 2.45) is 11.7 Å². The fourth-order valence-electron chi connectivity index (χ4n) is 1.44. The van der Waals surface area contributed by atoms with Gasteiger partial charge in [-0.15, -0.1) is 12.4 Å². The van der Waals surface area contributed by atoms with Crippen molar-refractivity contribution in [1.29, 1.82) is 0 Å². The van der Waals surface area contributed by atoms with Crippen LogP contribution < -0.4 is 5.73 Å². The van der Waals surface area contributed by atoms with E-state index in [2.05, 4.69) is 0 Å². The Morgan fingerprint density at radius 1 is 1.27 bits per heavy atom. The third-order valence-electron chi connectivity index (χ3n) is 2.09. The van der Waals surface area contributed by atoms with E-state index in [4.69, 9.17) is 5.73 Å². The number of hydrogen-bond acceptors (Lipinski definition) is 1. The van der Waals surface area contributed by atoms with Gasteiger partial charge < -0.3 is 5.73 Å². The first-order valence-electron chi connectivity index (χ1n) is 4.71. The molecule has 0 aromatic heterocycles. The van der Waals surface area contributed by atoms with Crippen LogP contribution in [0.4, 0.5) is 8.78 Å². The van der Waals surface area contributed by atoms with E-state index in [1.165, 1.54) is 12.1 Å². The Balaban J connectivity index is 0.00000196. The van der Waals surface area contributed by atoms with Crippen LogP contribution in [0.15, 0.2) is 18.2 Å². The summed E-state index contributed by atoms with van der Waals surface area (Å²) in [6.07, 6.45) is 0.697. The normalized spacial score (nSPS) is 12.4. The lowest BCUT2D eigenvalue weighted by Gasteiger charge is -2.14. The minimum absolute atomic E-state index is 0. The Hall–Kier alpha value is -0.670. The fourth-order valence-corrected chi connectivity index (χ4v) is 1.44. The monoisotopic (exact) mass is 235 g/mol. The van der Waals surface area contributed by atoms with Crippen molar-refractivity contribution in [1.82, 2.24) is 0 Å². The molecule has 0 unspecified atom stereocenters. The van der Waals surface area contributed by atoms with Crippen LogP contribution in [0.2, 0.25) is 0 Å². The summed E-state index contributed by atoms with van der Waals surface area (Å²) in [7, 11) is 0. The summed E-state index contributed by atoms with van der Waals surface area (Å²) >= 11 is 0. The van der Waals surface area contributed by atoms with Gasteiger partial charge in [-0.05, 0) is 18.4 Å². The molecule has 0 spiro atoms. The number of nitrogens with two attached hydrogens (primary N) is 1. The highest BCUT2D eigenvalue weighted by molar-refractivity contribution is 5.85. The lowest BCUT2D eigenvalue weighted by molar-refractivity contribution is 0.485. The largest absolute Gasteiger partial charge is 0.324 e. The summed E-state index contributed by atoms with van der Waals surface area (Å²) in [5.41, 5.74) is 6.17. The summed E-state index contributed by atoms with van der Waals surface area (Å²) in [6.45, 7) is 4.03. The minimum atomic E-state index is -0.567. The molecule has 86 valence electrons. The zero-order valence-corrected chi connectivity index (χ0v) is 9.65. The van der Waals surface area contributed by atoms with Crippen LogP contribution in [0, 0.1) is 17.6 Å². The average Bonchev–Trinajstić information content (AvgIpc) is 2.01. The van der Waals surface area contributed by atoms with Crippen LogP contribution in [0.5, 0.6) is 0 Å². The van der Waals surface area contributed by atoms with Gasteiger partial charge in [0.2, 0.25) is 0 Å². The summed E-state index contributed by atoms with van der Waals surface area (Å²) in [4.78, 5) is 0. The summed E-state index contributed by atoms with van der Waals surface area (Å²) < 4.78 is 25.8. The van der Waals surface area contributed by atoms with Crippen molar-refractivity contribution < 1.29 is 8.78 Å². The number of rotatable bonds is 3. The molecule has 0 radical (unpaired) electrons. The molecule has 4 heteroatoms. The number of hydrogen-bond donors (Lipinski definition) is 1. The van der Waals surface area contributed by atoms with E-state index in [0.29, 0.717) is 17.9 Å². The SMILES string of the molecule is CC(C)C[C@@H](N)c1ccc(F)cc1F.Cl. The quantitative estimate of drug-likeness (QED) is 0.854. The molecule has 0 aliphatic heterocycles. The van der Waals surface area contributed by atoms with Gasteiger partial charge >= 0.3 is 0 Å². The van der Waals surface area contributed by atoms with Gasteiger partial charge in [-0.1, -0.05) is 19.9 Å². The Kier molecular flexibility index (Phi) is 5.76. The molecular formula is C11H16ClF2N. The highest BCUT2D eigenvalue weighted by Gasteiger charge is 2.13. The first-order chi connectivity index (χ1) is 6.50. The minimum Gasteiger partial charge on any atom is -0.324 e. The maximum atomic E-state index is 13.2. The van der Waals surface area contributed by atoms with Gasteiger partial charge in [0.15, 0.2) is 0 Å². The average molecular weight is 236 g/mol. The predicted octanol–water partition coefficient (Wildman–Crippen LogP) is 3.43. The third kappa shape index (κ3) is 4.14. The van der Waals surface area contributed by atoms with Gasteiger partial charge in [0.1, 0.15) is 11.6 Å². The van der Waals surface area contributed by atoms with Crippen LogP contribution in [0.3, 0.4) is 0 Å². The van der Waals surface area contributed by atoms with Gasteiger partial charge in [-0.25, -0.2) is 8.78 Å². The van der Waals surface area contributed by atoms with E-state index in [9.17, 15) is 8.78 Å². The summed E-state index contributed by atoms with van der Waals surface area (Å²) in [5, 5.41) is 0. The van der Waals surface area contributed by atoms with Crippen molar-refractivity contribution in [2.75, 3.05) is 0 Å². The third-order valence-corrected chi connectivity index (χ3v) is 2.09. The topological polar surface area (TPSA) is 26.0 Å². The lowest BCUT2D eigenvalue weighted by atomic mass is 9.97. The maximum absolute atomic E-state index is 13.2. The lowest BCUT2D eigenvalue weighted by Crippen LogP contribution is -2.14. The smallest absolute Gasteiger partial charge is 0.130 e. The zero-order valence-electron chi connectivity index (χ0n) is 8.84. The van der Waals surface area contributed by atoms with Crippen LogP contribution in [0.25, 0.3) is 0 Å². The molecule has 0 aliphatic rings. The van der Waals surface area contributed by atoms with Gasteiger partial charge in [0.05, 0.1) is 0 Å². The first-order valence-corrected chi connectivity index (χ1v) is 4.71. The van der Waals surface area contributed by atoms with Crippen molar-refractivity contribution in [2.45, 2.75) is 26.3 Å². The Morgan fingerprint density at radius 3 is 2.33 bits per heavy atom. The highest BCUT2D eigenvalue weighted by Crippen LogP contribution is 2.21. The Bertz CT molecular complexity index is 315. The molecule has 2 N–H and O–H groups in total. The molecule has 1 aromatic rings. The van der Waals surface area contributed by atoms with E-state index in [1.807, 2.05) is 13.8 Å². The molecule has 0 aliphatic carbocycles. The van der Waals surface area contributed by atoms with Crippen molar-refractivity contribution >= 4 is 12.4 Å². The zero-order chi connectivity index (χ0) is 10.7. The molecule has 0 amide bonds. The van der Waals surface area contributed by atoms with Crippen molar-refractivity contribution in [3.05, 3.63) is 35.4 Å². The first kappa shape index (κ1) is 14.3. The maximum Gasteiger partial charge on any atom is 0.130 e. The standard InChI is InChI=1S/C11H15F2N.ClH/c1-7(2)5-11(14)9-4-3-8(12)6-10(9)13;/h3-4,6-7,11H,5,14H2,1-2H3;1H/t11-;/m1./s1. The molecule has 0 bridgehead atoms. The van der Waals surface area contributed by atoms with E-state index in [1.54, 1.807) is 0 Å². The van der Waals surface area contributed by atoms with Gasteiger partial charge in [0.25, 0.3) is 0 Å². The van der Waals surface area contributed by atoms with Crippen LogP contribution in [-0.4, -0.2) is 0 Å². The van der Waals surface area contributed by atoms with E-state index in [-0.39, 0.29) is 18.4 Å². The van der Waals surface area contributed by atoms with Crippen LogP contribution in [0.1, 0.15) is 31.9 Å². The van der Waals surface area contributed by atoms with Gasteiger partial charge in [0, 0.05) is 17.7 Å². The second kappa shape index (κ2) is 6.03. The van der Waals surface area contributed by atoms with E-state index in [0.717, 1.165) is 6.07 Å². The number of benzene rings is 1. The van der Waals surface area contributed by atoms with Crippen LogP contribution >= 0.6 is 12.4 Å². The highest BCUT2D eigenvalue weighted by atomic mass is 35.5. The van der Waals surface area contributed by atoms with Gasteiger partial charge in [-0.3, -0.25) is 0 Å². The van der Waals surface area contributed by atoms with Crippen LogP contribution in [-0.2, 0) is 0 Å². The number of halogens is 3. The molecule has 1 atom stereocenters. The molecular weight excluding hydrogens is 220 g/mol. The predicted molar refractivity (Wildman–Crippen MR) is 60.0 cm³/mol. The molecule has 0 fully saturated rings. The van der Waals surface area contributed by atoms with E-state index >= 15 is 0 Å². The second-order valence-corrected chi connectivity index (χ2v) is 3.90. The van der Waals surface area contributed by atoms with Gasteiger partial charge in [-0.2, -0.15) is 0 Å².